The molecule has 1 atom stereocenters. The van der Waals surface area contributed by atoms with Crippen molar-refractivity contribution in [2.75, 3.05) is 45.4 Å². The molecule has 2 rings (SSSR count). The summed E-state index contributed by atoms with van der Waals surface area (Å²) < 4.78 is 0. The molecule has 1 unspecified atom stereocenters. The van der Waals surface area contributed by atoms with E-state index in [1.54, 1.807) is 0 Å². The highest BCUT2D eigenvalue weighted by Gasteiger charge is 2.23. The number of rotatable bonds is 3. The van der Waals surface area contributed by atoms with Crippen LogP contribution in [0.2, 0.25) is 0 Å². The van der Waals surface area contributed by atoms with E-state index in [2.05, 4.69) is 29.2 Å². The van der Waals surface area contributed by atoms with Crippen molar-refractivity contribution in [1.29, 1.82) is 0 Å². The Hall–Kier alpha value is 0.230. The van der Waals surface area contributed by atoms with Gasteiger partial charge in [0.15, 0.2) is 0 Å². The molecule has 3 nitrogen and oxygen atoms in total. The normalized spacial score (nSPS) is 30.2. The largest absolute Gasteiger partial charge is 0.306 e. The molecule has 2 aliphatic rings. The summed E-state index contributed by atoms with van der Waals surface area (Å²) in [4.78, 5) is 5.00. The van der Waals surface area contributed by atoms with Gasteiger partial charge in [0.25, 0.3) is 0 Å². The molecule has 1 N–H and O–H groups in total. The molecular formula is C11H23N3S. The third-order valence-electron chi connectivity index (χ3n) is 3.61. The van der Waals surface area contributed by atoms with Crippen LogP contribution in [0.5, 0.6) is 0 Å². The topological polar surface area (TPSA) is 18.5 Å². The van der Waals surface area contributed by atoms with Gasteiger partial charge in [0, 0.05) is 30.3 Å². The van der Waals surface area contributed by atoms with Crippen molar-refractivity contribution in [3.05, 3.63) is 0 Å². The summed E-state index contributed by atoms with van der Waals surface area (Å²) >= 11 is 2.03. The predicted octanol–water partition coefficient (Wildman–Crippen LogP) is 0.675. The van der Waals surface area contributed by atoms with Crippen molar-refractivity contribution < 1.29 is 0 Å². The van der Waals surface area contributed by atoms with Gasteiger partial charge in [-0.15, -0.1) is 11.8 Å². The van der Waals surface area contributed by atoms with Gasteiger partial charge in [-0.05, 0) is 40.0 Å². The van der Waals surface area contributed by atoms with Crippen LogP contribution in [0.1, 0.15) is 12.8 Å². The maximum absolute atomic E-state index is 3.55. The monoisotopic (exact) mass is 229 g/mol. The first kappa shape index (κ1) is 11.7. The summed E-state index contributed by atoms with van der Waals surface area (Å²) in [5.41, 5.74) is 0. The summed E-state index contributed by atoms with van der Waals surface area (Å²) in [6, 6.07) is 1.54. The second-order valence-electron chi connectivity index (χ2n) is 4.89. The summed E-state index contributed by atoms with van der Waals surface area (Å²) in [7, 11) is 4.52. The minimum Gasteiger partial charge on any atom is -0.306 e. The van der Waals surface area contributed by atoms with E-state index in [1.807, 2.05) is 11.8 Å². The highest BCUT2D eigenvalue weighted by Crippen LogP contribution is 2.16. The molecule has 2 heterocycles. The van der Waals surface area contributed by atoms with Gasteiger partial charge in [-0.1, -0.05) is 0 Å². The first-order chi connectivity index (χ1) is 7.25. The standard InChI is InChI=1S/C11H23N3S/c1-13-5-3-11(4-6-13)14(2)7-10-8-15-9-12-10/h10-12H,3-9H2,1-2H3. The Morgan fingerprint density at radius 3 is 2.73 bits per heavy atom. The highest BCUT2D eigenvalue weighted by atomic mass is 32.2. The number of likely N-dealkylation sites (tertiary alicyclic amines) is 1. The molecule has 0 saturated carbocycles. The van der Waals surface area contributed by atoms with Crippen LogP contribution >= 0.6 is 11.8 Å². The molecule has 0 radical (unpaired) electrons. The molecule has 0 amide bonds. The lowest BCUT2D eigenvalue weighted by Crippen LogP contribution is -2.46. The van der Waals surface area contributed by atoms with Crippen LogP contribution in [0.25, 0.3) is 0 Å². The SMILES string of the molecule is CN1CCC(N(C)CC2CSCN2)CC1. The van der Waals surface area contributed by atoms with Crippen molar-refractivity contribution >= 4 is 11.8 Å². The van der Waals surface area contributed by atoms with Crippen molar-refractivity contribution in [3.63, 3.8) is 0 Å². The van der Waals surface area contributed by atoms with Crippen LogP contribution in [-0.2, 0) is 0 Å². The van der Waals surface area contributed by atoms with E-state index in [-0.39, 0.29) is 0 Å². The molecule has 2 fully saturated rings. The molecule has 0 bridgehead atoms. The Bertz CT molecular complexity index is 186. The van der Waals surface area contributed by atoms with Gasteiger partial charge in [0.2, 0.25) is 0 Å². The molecule has 4 heteroatoms. The van der Waals surface area contributed by atoms with Crippen molar-refractivity contribution in [1.82, 2.24) is 15.1 Å². The molecule has 2 aliphatic heterocycles. The second kappa shape index (κ2) is 5.53. The van der Waals surface area contributed by atoms with Crippen molar-refractivity contribution in [2.24, 2.45) is 0 Å². The number of nitrogens with one attached hydrogen (secondary N) is 1. The predicted molar refractivity (Wildman–Crippen MR) is 67.4 cm³/mol. The third-order valence-corrected chi connectivity index (χ3v) is 4.62. The van der Waals surface area contributed by atoms with Gasteiger partial charge in [-0.3, -0.25) is 0 Å². The molecule has 88 valence electrons. The van der Waals surface area contributed by atoms with E-state index in [9.17, 15) is 0 Å². The maximum atomic E-state index is 3.55. The van der Waals surface area contributed by atoms with Crippen LogP contribution in [0, 0.1) is 0 Å². The molecular weight excluding hydrogens is 206 g/mol. The number of likely N-dealkylation sites (N-methyl/N-ethyl adjacent to an activating group) is 1. The van der Waals surface area contributed by atoms with Gasteiger partial charge < -0.3 is 15.1 Å². The minimum atomic E-state index is 0.722. The summed E-state index contributed by atoms with van der Waals surface area (Å²) in [6.07, 6.45) is 2.68. The third kappa shape index (κ3) is 3.34. The summed E-state index contributed by atoms with van der Waals surface area (Å²) in [5, 5.41) is 3.55. The number of nitrogens with zero attached hydrogens (tertiary/aromatic N) is 2. The van der Waals surface area contributed by atoms with Gasteiger partial charge in [-0.25, -0.2) is 0 Å². The fraction of sp³-hybridized carbons (Fsp3) is 1.00. The Kier molecular flexibility index (Phi) is 4.31. The van der Waals surface area contributed by atoms with Crippen LogP contribution in [0.3, 0.4) is 0 Å². The smallest absolute Gasteiger partial charge is 0.0421 e. The van der Waals surface area contributed by atoms with Gasteiger partial charge in [0.05, 0.1) is 0 Å². The van der Waals surface area contributed by atoms with Crippen LogP contribution in [0.4, 0.5) is 0 Å². The zero-order chi connectivity index (χ0) is 10.7. The van der Waals surface area contributed by atoms with Gasteiger partial charge >= 0.3 is 0 Å². The summed E-state index contributed by atoms with van der Waals surface area (Å²) in [6.45, 7) is 3.76. The quantitative estimate of drug-likeness (QED) is 0.766. The van der Waals surface area contributed by atoms with E-state index in [1.165, 1.54) is 38.2 Å². The van der Waals surface area contributed by atoms with Crippen LogP contribution < -0.4 is 5.32 Å². The molecule has 0 aromatic rings. The maximum Gasteiger partial charge on any atom is 0.0421 e. The zero-order valence-corrected chi connectivity index (χ0v) is 10.7. The summed E-state index contributed by atoms with van der Waals surface area (Å²) in [5.74, 6) is 2.43. The average molecular weight is 229 g/mol. The lowest BCUT2D eigenvalue weighted by molar-refractivity contribution is 0.138. The van der Waals surface area contributed by atoms with Crippen LogP contribution in [-0.4, -0.2) is 67.2 Å². The lowest BCUT2D eigenvalue weighted by Gasteiger charge is -2.36. The molecule has 2 saturated heterocycles. The average Bonchev–Trinajstić information content (AvgIpc) is 2.71. The van der Waals surface area contributed by atoms with E-state index in [0.717, 1.165) is 18.0 Å². The Labute approximate surface area is 97.6 Å². The number of piperidine rings is 1. The first-order valence-electron chi connectivity index (χ1n) is 5.95. The molecule has 0 aromatic heterocycles. The second-order valence-corrected chi connectivity index (χ2v) is 5.92. The van der Waals surface area contributed by atoms with Gasteiger partial charge in [0.1, 0.15) is 0 Å². The minimum absolute atomic E-state index is 0.722. The molecule has 15 heavy (non-hydrogen) atoms. The van der Waals surface area contributed by atoms with E-state index >= 15 is 0 Å². The number of hydrogen-bond acceptors (Lipinski definition) is 4. The fourth-order valence-corrected chi connectivity index (χ4v) is 3.47. The van der Waals surface area contributed by atoms with E-state index < -0.39 is 0 Å². The number of thioether (sulfide) groups is 1. The van der Waals surface area contributed by atoms with E-state index in [4.69, 9.17) is 0 Å². The fourth-order valence-electron chi connectivity index (χ4n) is 2.49. The Balaban J connectivity index is 1.72. The zero-order valence-electron chi connectivity index (χ0n) is 9.91. The van der Waals surface area contributed by atoms with Crippen molar-refractivity contribution in [3.8, 4) is 0 Å². The van der Waals surface area contributed by atoms with E-state index in [0.29, 0.717) is 0 Å². The lowest BCUT2D eigenvalue weighted by atomic mass is 10.0. The number of hydrogen-bond donors (Lipinski definition) is 1. The van der Waals surface area contributed by atoms with Crippen molar-refractivity contribution in [2.45, 2.75) is 24.9 Å². The molecule has 0 aliphatic carbocycles. The Morgan fingerprint density at radius 2 is 2.13 bits per heavy atom. The molecule has 0 spiro atoms. The molecule has 0 aromatic carbocycles. The highest BCUT2D eigenvalue weighted by molar-refractivity contribution is 7.99. The van der Waals surface area contributed by atoms with Crippen LogP contribution in [0.15, 0.2) is 0 Å². The van der Waals surface area contributed by atoms with Gasteiger partial charge in [-0.2, -0.15) is 0 Å². The first-order valence-corrected chi connectivity index (χ1v) is 7.11. The Morgan fingerprint density at radius 1 is 1.40 bits per heavy atom.